The molecule has 2 heterocycles. The second-order valence-electron chi connectivity index (χ2n) is 2.41. The fraction of sp³-hybridized carbons (Fsp3) is 0.125. The molecule has 1 N–H and O–H groups in total. The Balaban J connectivity index is 2.46. The van der Waals surface area contributed by atoms with E-state index in [1.165, 1.54) is 4.88 Å². The summed E-state index contributed by atoms with van der Waals surface area (Å²) in [5.41, 5.74) is 2.25. The highest BCUT2D eigenvalue weighted by Gasteiger charge is 2.05. The summed E-state index contributed by atoms with van der Waals surface area (Å²) in [5.74, 6) is 0.726. The highest BCUT2D eigenvalue weighted by atomic mass is 32.1. The Morgan fingerprint density at radius 1 is 1.58 bits per heavy atom. The van der Waals surface area contributed by atoms with E-state index in [1.54, 1.807) is 11.3 Å². The number of nitrogens with one attached hydrogen (secondary N) is 1. The number of thiol groups is 1. The summed E-state index contributed by atoms with van der Waals surface area (Å²) in [5, 5.41) is 9.01. The lowest BCUT2D eigenvalue weighted by molar-refractivity contribution is 1.10. The van der Waals surface area contributed by atoms with E-state index >= 15 is 0 Å². The summed E-state index contributed by atoms with van der Waals surface area (Å²) in [6.45, 7) is 0. The summed E-state index contributed by atoms with van der Waals surface area (Å²) in [4.78, 5) is 1.22. The zero-order valence-corrected chi connectivity index (χ0v) is 8.03. The van der Waals surface area contributed by atoms with Gasteiger partial charge in [0.05, 0.1) is 16.8 Å². The number of rotatable bonds is 2. The third-order valence-corrected chi connectivity index (χ3v) is 2.88. The largest absolute Gasteiger partial charge is 0.277 e. The van der Waals surface area contributed by atoms with Crippen molar-refractivity contribution in [2.24, 2.45) is 0 Å². The molecule has 2 rings (SSSR count). The van der Waals surface area contributed by atoms with Crippen LogP contribution in [-0.2, 0) is 5.75 Å². The predicted octanol–water partition coefficient (Wildman–Crippen LogP) is 2.57. The van der Waals surface area contributed by atoms with Gasteiger partial charge in [0, 0.05) is 11.3 Å². The van der Waals surface area contributed by atoms with E-state index in [9.17, 15) is 0 Å². The lowest BCUT2D eigenvalue weighted by Crippen LogP contribution is -1.78. The molecule has 0 saturated heterocycles. The molecule has 0 aliphatic rings. The SMILES string of the molecule is SCc1cn[nH]c1-c1cccs1. The van der Waals surface area contributed by atoms with E-state index in [2.05, 4.69) is 34.3 Å². The van der Waals surface area contributed by atoms with Gasteiger partial charge >= 0.3 is 0 Å². The van der Waals surface area contributed by atoms with Gasteiger partial charge < -0.3 is 0 Å². The van der Waals surface area contributed by atoms with Crippen LogP contribution in [0, 0.1) is 0 Å². The summed E-state index contributed by atoms with van der Waals surface area (Å²) in [6, 6.07) is 4.11. The fourth-order valence-corrected chi connectivity index (χ4v) is 2.06. The smallest absolute Gasteiger partial charge is 0.0790 e. The van der Waals surface area contributed by atoms with Crippen LogP contribution in [-0.4, -0.2) is 10.2 Å². The van der Waals surface area contributed by atoms with Gasteiger partial charge in [0.25, 0.3) is 0 Å². The molecule has 0 aliphatic heterocycles. The maximum atomic E-state index is 4.22. The van der Waals surface area contributed by atoms with Crippen LogP contribution >= 0.6 is 24.0 Å². The average molecular weight is 196 g/mol. The molecule has 0 aromatic carbocycles. The molecular weight excluding hydrogens is 188 g/mol. The van der Waals surface area contributed by atoms with Crippen molar-refractivity contribution in [1.82, 2.24) is 10.2 Å². The Hall–Kier alpha value is -0.740. The standard InChI is InChI=1S/C8H8N2S2/c11-5-6-4-9-10-8(6)7-2-1-3-12-7/h1-4,11H,5H2,(H,9,10). The number of aromatic nitrogens is 2. The van der Waals surface area contributed by atoms with Crippen LogP contribution in [0.5, 0.6) is 0 Å². The Kier molecular flexibility index (Phi) is 2.19. The second-order valence-corrected chi connectivity index (χ2v) is 3.67. The zero-order valence-electron chi connectivity index (χ0n) is 6.32. The summed E-state index contributed by atoms with van der Waals surface area (Å²) in [6.07, 6.45) is 1.82. The minimum absolute atomic E-state index is 0.726. The molecule has 0 radical (unpaired) electrons. The van der Waals surface area contributed by atoms with Gasteiger partial charge in [-0.2, -0.15) is 17.7 Å². The Bertz CT molecular complexity index is 351. The maximum Gasteiger partial charge on any atom is 0.0790 e. The van der Waals surface area contributed by atoms with Crippen molar-refractivity contribution in [2.75, 3.05) is 0 Å². The van der Waals surface area contributed by atoms with Crippen LogP contribution in [0.3, 0.4) is 0 Å². The molecule has 62 valence electrons. The summed E-state index contributed by atoms with van der Waals surface area (Å²) in [7, 11) is 0. The van der Waals surface area contributed by atoms with Gasteiger partial charge in [0.15, 0.2) is 0 Å². The minimum atomic E-state index is 0.726. The Morgan fingerprint density at radius 2 is 2.50 bits per heavy atom. The van der Waals surface area contributed by atoms with Crippen molar-refractivity contribution in [3.05, 3.63) is 29.3 Å². The molecule has 0 bridgehead atoms. The van der Waals surface area contributed by atoms with Crippen LogP contribution in [0.1, 0.15) is 5.56 Å². The first kappa shape index (κ1) is 7.89. The number of thiophene rings is 1. The number of aromatic amines is 1. The van der Waals surface area contributed by atoms with E-state index in [1.807, 2.05) is 12.3 Å². The van der Waals surface area contributed by atoms with Crippen molar-refractivity contribution in [2.45, 2.75) is 5.75 Å². The van der Waals surface area contributed by atoms with Gasteiger partial charge in [0.2, 0.25) is 0 Å². The maximum absolute atomic E-state index is 4.22. The lowest BCUT2D eigenvalue weighted by Gasteiger charge is -1.94. The zero-order chi connectivity index (χ0) is 8.39. The second kappa shape index (κ2) is 3.33. The molecule has 0 atom stereocenters. The van der Waals surface area contributed by atoms with Crippen LogP contribution in [0.15, 0.2) is 23.7 Å². The number of hydrogen-bond donors (Lipinski definition) is 2. The molecular formula is C8H8N2S2. The van der Waals surface area contributed by atoms with E-state index in [0.29, 0.717) is 0 Å². The molecule has 2 nitrogen and oxygen atoms in total. The quantitative estimate of drug-likeness (QED) is 0.710. The highest BCUT2D eigenvalue weighted by molar-refractivity contribution is 7.79. The molecule has 4 heteroatoms. The third kappa shape index (κ3) is 1.28. The van der Waals surface area contributed by atoms with Crippen LogP contribution in [0.4, 0.5) is 0 Å². The molecule has 2 aromatic rings. The number of nitrogens with zero attached hydrogens (tertiary/aromatic N) is 1. The van der Waals surface area contributed by atoms with E-state index in [-0.39, 0.29) is 0 Å². The van der Waals surface area contributed by atoms with E-state index in [0.717, 1.165) is 17.0 Å². The van der Waals surface area contributed by atoms with E-state index in [4.69, 9.17) is 0 Å². The average Bonchev–Trinajstić information content (AvgIpc) is 2.74. The van der Waals surface area contributed by atoms with Crippen molar-refractivity contribution in [1.29, 1.82) is 0 Å². The normalized spacial score (nSPS) is 10.4. The van der Waals surface area contributed by atoms with Crippen LogP contribution in [0.2, 0.25) is 0 Å². The molecule has 0 spiro atoms. The molecule has 0 saturated carbocycles. The first-order valence-electron chi connectivity index (χ1n) is 3.59. The van der Waals surface area contributed by atoms with Gasteiger partial charge in [-0.3, -0.25) is 5.10 Å². The number of H-pyrrole nitrogens is 1. The molecule has 0 unspecified atom stereocenters. The van der Waals surface area contributed by atoms with Crippen molar-refractivity contribution in [3.8, 4) is 10.6 Å². The van der Waals surface area contributed by atoms with Crippen molar-refractivity contribution >= 4 is 24.0 Å². The molecule has 0 aliphatic carbocycles. The summed E-state index contributed by atoms with van der Waals surface area (Å²) >= 11 is 5.93. The lowest BCUT2D eigenvalue weighted by atomic mass is 10.2. The van der Waals surface area contributed by atoms with Crippen LogP contribution in [0.25, 0.3) is 10.6 Å². The van der Waals surface area contributed by atoms with Crippen molar-refractivity contribution < 1.29 is 0 Å². The van der Waals surface area contributed by atoms with Gasteiger partial charge in [0.1, 0.15) is 0 Å². The van der Waals surface area contributed by atoms with E-state index < -0.39 is 0 Å². The van der Waals surface area contributed by atoms with Crippen molar-refractivity contribution in [3.63, 3.8) is 0 Å². The van der Waals surface area contributed by atoms with Gasteiger partial charge in [-0.25, -0.2) is 0 Å². The third-order valence-electron chi connectivity index (χ3n) is 1.66. The first-order valence-corrected chi connectivity index (χ1v) is 5.10. The Morgan fingerprint density at radius 3 is 3.17 bits per heavy atom. The monoisotopic (exact) mass is 196 g/mol. The first-order chi connectivity index (χ1) is 5.92. The number of hydrogen-bond acceptors (Lipinski definition) is 3. The minimum Gasteiger partial charge on any atom is -0.277 e. The molecule has 12 heavy (non-hydrogen) atoms. The Labute approximate surface area is 80.0 Å². The topological polar surface area (TPSA) is 28.7 Å². The molecule has 0 amide bonds. The molecule has 0 fully saturated rings. The molecule has 2 aromatic heterocycles. The fourth-order valence-electron chi connectivity index (χ4n) is 1.07. The van der Waals surface area contributed by atoms with Crippen LogP contribution < -0.4 is 0 Å². The van der Waals surface area contributed by atoms with Gasteiger partial charge in [-0.05, 0) is 11.4 Å². The highest BCUT2D eigenvalue weighted by Crippen LogP contribution is 2.26. The van der Waals surface area contributed by atoms with Gasteiger partial charge in [-0.15, -0.1) is 11.3 Å². The predicted molar refractivity (Wildman–Crippen MR) is 54.6 cm³/mol. The summed E-state index contributed by atoms with van der Waals surface area (Å²) < 4.78 is 0. The van der Waals surface area contributed by atoms with Gasteiger partial charge in [-0.1, -0.05) is 6.07 Å².